The number of carbonyl (C=O) groups excluding carboxylic acids is 1. The Labute approximate surface area is 146 Å². The maximum atomic E-state index is 12.8. The normalized spacial score (nSPS) is 21.1. The SMILES string of the molecule is CNc1nc(C)c(C(=O)N2CC[C@H](N(C)C)[C@H](CCC(=O)O)C2)s1. The van der Waals surface area contributed by atoms with Crippen LogP contribution in [0.15, 0.2) is 0 Å². The van der Waals surface area contributed by atoms with Crippen LogP contribution in [-0.4, -0.2) is 72.0 Å². The van der Waals surface area contributed by atoms with Crippen LogP contribution < -0.4 is 5.32 Å². The van der Waals surface area contributed by atoms with Gasteiger partial charge in [0.2, 0.25) is 0 Å². The van der Waals surface area contributed by atoms with Crippen molar-refractivity contribution in [2.45, 2.75) is 32.2 Å². The van der Waals surface area contributed by atoms with Crippen LogP contribution in [-0.2, 0) is 4.79 Å². The van der Waals surface area contributed by atoms with Gasteiger partial charge in [0.1, 0.15) is 4.88 Å². The molecule has 2 N–H and O–H groups in total. The molecule has 7 nitrogen and oxygen atoms in total. The number of hydrogen-bond acceptors (Lipinski definition) is 6. The van der Waals surface area contributed by atoms with Crippen molar-refractivity contribution in [3.8, 4) is 0 Å². The average molecular weight is 354 g/mol. The van der Waals surface area contributed by atoms with Crippen LogP contribution in [0.3, 0.4) is 0 Å². The number of carboxylic acids is 1. The molecule has 0 aromatic carbocycles. The van der Waals surface area contributed by atoms with Crippen molar-refractivity contribution in [1.82, 2.24) is 14.8 Å². The number of aryl methyl sites for hydroxylation is 1. The number of anilines is 1. The van der Waals surface area contributed by atoms with E-state index in [0.29, 0.717) is 30.4 Å². The number of hydrogen-bond donors (Lipinski definition) is 2. The third-order valence-corrected chi connectivity index (χ3v) is 5.74. The predicted molar refractivity (Wildman–Crippen MR) is 94.8 cm³/mol. The molecule has 0 radical (unpaired) electrons. The fraction of sp³-hybridized carbons (Fsp3) is 0.688. The van der Waals surface area contributed by atoms with Crippen molar-refractivity contribution in [1.29, 1.82) is 0 Å². The van der Waals surface area contributed by atoms with E-state index in [1.165, 1.54) is 11.3 Å². The predicted octanol–water partition coefficient (Wildman–Crippen LogP) is 1.75. The lowest BCUT2D eigenvalue weighted by Gasteiger charge is -2.41. The first-order valence-corrected chi connectivity index (χ1v) is 8.97. The van der Waals surface area contributed by atoms with Gasteiger partial charge in [-0.05, 0) is 39.8 Å². The van der Waals surface area contributed by atoms with Crippen molar-refractivity contribution >= 4 is 28.3 Å². The van der Waals surface area contributed by atoms with Gasteiger partial charge in [-0.1, -0.05) is 11.3 Å². The summed E-state index contributed by atoms with van der Waals surface area (Å²) in [7, 11) is 5.82. The second kappa shape index (κ2) is 7.94. The summed E-state index contributed by atoms with van der Waals surface area (Å²) >= 11 is 1.37. The molecule has 0 aliphatic carbocycles. The molecule has 134 valence electrons. The van der Waals surface area contributed by atoms with Gasteiger partial charge in [0.05, 0.1) is 5.69 Å². The largest absolute Gasteiger partial charge is 0.481 e. The van der Waals surface area contributed by atoms with Crippen molar-refractivity contribution in [3.05, 3.63) is 10.6 Å². The molecule has 1 aromatic heterocycles. The first-order chi connectivity index (χ1) is 11.3. The fourth-order valence-corrected chi connectivity index (χ4v) is 4.21. The van der Waals surface area contributed by atoms with Gasteiger partial charge in [0.25, 0.3) is 5.91 Å². The Bertz CT molecular complexity index is 602. The van der Waals surface area contributed by atoms with E-state index in [1.54, 1.807) is 7.05 Å². The molecule has 8 heteroatoms. The number of carbonyl (C=O) groups is 2. The number of piperidine rings is 1. The number of amides is 1. The van der Waals surface area contributed by atoms with Crippen LogP contribution >= 0.6 is 11.3 Å². The summed E-state index contributed by atoms with van der Waals surface area (Å²) in [4.78, 5) is 32.8. The second-order valence-electron chi connectivity index (χ2n) is 6.45. The Hall–Kier alpha value is -1.67. The first kappa shape index (κ1) is 18.7. The first-order valence-electron chi connectivity index (χ1n) is 8.16. The lowest BCUT2D eigenvalue weighted by molar-refractivity contribution is -0.137. The number of aromatic nitrogens is 1. The molecule has 0 bridgehead atoms. The van der Waals surface area contributed by atoms with E-state index >= 15 is 0 Å². The van der Waals surface area contributed by atoms with E-state index in [0.717, 1.165) is 17.2 Å². The molecule has 2 atom stereocenters. The summed E-state index contributed by atoms with van der Waals surface area (Å²) < 4.78 is 0. The molecule has 0 unspecified atom stereocenters. The number of thiazole rings is 1. The molecule has 24 heavy (non-hydrogen) atoms. The van der Waals surface area contributed by atoms with Crippen molar-refractivity contribution in [3.63, 3.8) is 0 Å². The summed E-state index contributed by atoms with van der Waals surface area (Å²) in [5.74, 6) is -0.609. The van der Waals surface area contributed by atoms with E-state index in [4.69, 9.17) is 5.11 Å². The molecular formula is C16H26N4O3S. The van der Waals surface area contributed by atoms with Gasteiger partial charge in [0.15, 0.2) is 5.13 Å². The lowest BCUT2D eigenvalue weighted by atomic mass is 9.87. The maximum absolute atomic E-state index is 12.8. The van der Waals surface area contributed by atoms with Crippen LogP contribution in [0.1, 0.15) is 34.6 Å². The molecule has 0 spiro atoms. The van der Waals surface area contributed by atoms with Crippen LogP contribution in [0, 0.1) is 12.8 Å². The standard InChI is InChI=1S/C16H26N4O3S/c1-10-14(24-16(17-2)18-10)15(23)20-8-7-12(19(3)4)11(9-20)5-6-13(21)22/h11-12H,5-9H2,1-4H3,(H,17,18)(H,21,22)/t11-,12+/m1/s1. The zero-order chi connectivity index (χ0) is 17.9. The topological polar surface area (TPSA) is 85.8 Å². The van der Waals surface area contributed by atoms with Crippen molar-refractivity contribution < 1.29 is 14.7 Å². The Morgan fingerprint density at radius 3 is 2.71 bits per heavy atom. The highest BCUT2D eigenvalue weighted by Crippen LogP contribution is 2.29. The fourth-order valence-electron chi connectivity index (χ4n) is 3.32. The van der Waals surface area contributed by atoms with E-state index in [9.17, 15) is 9.59 Å². The monoisotopic (exact) mass is 354 g/mol. The zero-order valence-electron chi connectivity index (χ0n) is 14.7. The molecule has 1 aromatic rings. The molecule has 0 saturated carbocycles. The maximum Gasteiger partial charge on any atom is 0.303 e. The smallest absolute Gasteiger partial charge is 0.303 e. The van der Waals surface area contributed by atoms with Crippen LogP contribution in [0.2, 0.25) is 0 Å². The third kappa shape index (κ3) is 4.24. The van der Waals surface area contributed by atoms with Gasteiger partial charge in [-0.2, -0.15) is 0 Å². The minimum atomic E-state index is -0.784. The van der Waals surface area contributed by atoms with Gasteiger partial charge in [-0.15, -0.1) is 0 Å². The van der Waals surface area contributed by atoms with Crippen molar-refractivity contribution in [2.24, 2.45) is 5.92 Å². The third-order valence-electron chi connectivity index (χ3n) is 4.58. The Morgan fingerprint density at radius 2 is 2.17 bits per heavy atom. The van der Waals surface area contributed by atoms with Gasteiger partial charge in [0, 0.05) is 32.6 Å². The van der Waals surface area contributed by atoms with Crippen LogP contribution in [0.4, 0.5) is 5.13 Å². The van der Waals surface area contributed by atoms with Gasteiger partial charge >= 0.3 is 5.97 Å². The highest BCUT2D eigenvalue weighted by molar-refractivity contribution is 7.17. The summed E-state index contributed by atoms with van der Waals surface area (Å²) in [6.07, 6.45) is 1.59. The highest BCUT2D eigenvalue weighted by atomic mass is 32.1. The minimum absolute atomic E-state index is 0.00373. The number of nitrogens with one attached hydrogen (secondary N) is 1. The van der Waals surface area contributed by atoms with Crippen molar-refractivity contribution in [2.75, 3.05) is 39.5 Å². The summed E-state index contributed by atoms with van der Waals surface area (Å²) in [5.41, 5.74) is 0.742. The lowest BCUT2D eigenvalue weighted by Crippen LogP contribution is -2.50. The minimum Gasteiger partial charge on any atom is -0.481 e. The van der Waals surface area contributed by atoms with E-state index < -0.39 is 5.97 Å². The Balaban J connectivity index is 2.11. The van der Waals surface area contributed by atoms with Gasteiger partial charge < -0.3 is 20.2 Å². The van der Waals surface area contributed by atoms with E-state index in [2.05, 4.69) is 15.2 Å². The number of carboxylic acid groups (broad SMARTS) is 1. The molecule has 1 aliphatic rings. The molecule has 1 saturated heterocycles. The average Bonchev–Trinajstić information content (AvgIpc) is 2.92. The number of likely N-dealkylation sites (tertiary alicyclic amines) is 1. The number of rotatable bonds is 6. The summed E-state index contributed by atoms with van der Waals surface area (Å²) in [6, 6.07) is 0.309. The summed E-state index contributed by atoms with van der Waals surface area (Å²) in [6.45, 7) is 3.14. The number of nitrogens with zero attached hydrogens (tertiary/aromatic N) is 3. The highest BCUT2D eigenvalue weighted by Gasteiger charge is 2.34. The molecule has 2 rings (SSSR count). The quantitative estimate of drug-likeness (QED) is 0.809. The Morgan fingerprint density at radius 1 is 1.46 bits per heavy atom. The molecule has 1 fully saturated rings. The van der Waals surface area contributed by atoms with Crippen LogP contribution in [0.5, 0.6) is 0 Å². The molecule has 2 heterocycles. The molecule has 1 aliphatic heterocycles. The zero-order valence-corrected chi connectivity index (χ0v) is 15.5. The molecular weight excluding hydrogens is 328 g/mol. The number of aliphatic carboxylic acids is 1. The van der Waals surface area contributed by atoms with E-state index in [1.807, 2.05) is 25.9 Å². The molecule has 1 amide bonds. The van der Waals surface area contributed by atoms with Crippen LogP contribution in [0.25, 0.3) is 0 Å². The van der Waals surface area contributed by atoms with Gasteiger partial charge in [-0.25, -0.2) is 4.98 Å². The Kier molecular flexibility index (Phi) is 6.17. The summed E-state index contributed by atoms with van der Waals surface area (Å²) in [5, 5.41) is 12.7. The van der Waals surface area contributed by atoms with Gasteiger partial charge in [-0.3, -0.25) is 9.59 Å². The van der Waals surface area contributed by atoms with E-state index in [-0.39, 0.29) is 18.2 Å². The second-order valence-corrected chi connectivity index (χ2v) is 7.45.